The maximum atomic E-state index is 4.39. The Morgan fingerprint density at radius 2 is 2.05 bits per heavy atom. The number of aryl methyl sites for hydroxylation is 3. The first-order chi connectivity index (χ1) is 10.1. The number of fused-ring (bicyclic) bond motifs is 1. The average Bonchev–Trinajstić information content (AvgIpc) is 2.97. The number of rotatable bonds is 4. The molecule has 1 N–H and O–H groups in total. The maximum absolute atomic E-state index is 4.39. The van der Waals surface area contributed by atoms with Crippen LogP contribution in [0, 0.1) is 13.8 Å². The van der Waals surface area contributed by atoms with E-state index in [9.17, 15) is 0 Å². The van der Waals surface area contributed by atoms with E-state index >= 15 is 0 Å². The summed E-state index contributed by atoms with van der Waals surface area (Å²) in [5, 5.41) is 9.40. The summed E-state index contributed by atoms with van der Waals surface area (Å²) in [6.45, 7) is 7.38. The van der Waals surface area contributed by atoms with Gasteiger partial charge in [0, 0.05) is 41.0 Å². The van der Waals surface area contributed by atoms with Gasteiger partial charge in [-0.2, -0.15) is 5.10 Å². The van der Waals surface area contributed by atoms with Gasteiger partial charge >= 0.3 is 0 Å². The molecule has 0 aliphatic carbocycles. The van der Waals surface area contributed by atoms with E-state index < -0.39 is 0 Å². The molecule has 21 heavy (non-hydrogen) atoms. The van der Waals surface area contributed by atoms with Crippen LogP contribution in [-0.4, -0.2) is 9.78 Å². The zero-order chi connectivity index (χ0) is 15.0. The molecule has 4 heteroatoms. The molecular weight excluding hydrogens is 278 g/mol. The van der Waals surface area contributed by atoms with Gasteiger partial charge in [0.25, 0.3) is 0 Å². The molecule has 1 atom stereocenters. The zero-order valence-corrected chi connectivity index (χ0v) is 13.8. The van der Waals surface area contributed by atoms with E-state index in [1.807, 2.05) is 23.1 Å². The van der Waals surface area contributed by atoms with Crippen molar-refractivity contribution in [1.82, 2.24) is 15.1 Å². The van der Waals surface area contributed by atoms with E-state index in [-0.39, 0.29) is 0 Å². The van der Waals surface area contributed by atoms with Crippen LogP contribution in [0.15, 0.2) is 30.5 Å². The lowest BCUT2D eigenvalue weighted by atomic mass is 10.1. The largest absolute Gasteiger partial charge is 0.305 e. The smallest absolute Gasteiger partial charge is 0.0638 e. The second-order valence-electron chi connectivity index (χ2n) is 5.60. The summed E-state index contributed by atoms with van der Waals surface area (Å²) in [6, 6.07) is 8.99. The molecule has 0 fully saturated rings. The van der Waals surface area contributed by atoms with Crippen LogP contribution in [0.3, 0.4) is 0 Å². The standard InChI is InChI=1S/C17H21N3S/c1-11-15-7-5-6-8-16(15)21-17(11)13(3)18-9-14-10-20(4)19-12(14)2/h5-8,10,13,18H,9H2,1-4H3. The highest BCUT2D eigenvalue weighted by Crippen LogP contribution is 2.34. The van der Waals surface area contributed by atoms with Crippen molar-refractivity contribution in [2.75, 3.05) is 0 Å². The number of hydrogen-bond acceptors (Lipinski definition) is 3. The molecule has 0 aliphatic heterocycles. The average molecular weight is 299 g/mol. The highest BCUT2D eigenvalue weighted by molar-refractivity contribution is 7.19. The van der Waals surface area contributed by atoms with Crippen LogP contribution < -0.4 is 5.32 Å². The van der Waals surface area contributed by atoms with Crippen LogP contribution in [0.1, 0.15) is 34.7 Å². The highest BCUT2D eigenvalue weighted by Gasteiger charge is 2.14. The monoisotopic (exact) mass is 299 g/mol. The van der Waals surface area contributed by atoms with Gasteiger partial charge < -0.3 is 5.32 Å². The number of hydrogen-bond donors (Lipinski definition) is 1. The van der Waals surface area contributed by atoms with Gasteiger partial charge in [-0.3, -0.25) is 4.68 Å². The second-order valence-corrected chi connectivity index (χ2v) is 6.69. The normalized spacial score (nSPS) is 13.0. The van der Waals surface area contributed by atoms with Crippen molar-refractivity contribution in [3.05, 3.63) is 52.2 Å². The van der Waals surface area contributed by atoms with Crippen molar-refractivity contribution in [3.8, 4) is 0 Å². The fourth-order valence-corrected chi connectivity index (χ4v) is 4.02. The molecule has 0 amide bonds. The summed E-state index contributed by atoms with van der Waals surface area (Å²) in [7, 11) is 1.97. The molecule has 110 valence electrons. The molecule has 1 unspecified atom stereocenters. The van der Waals surface area contributed by atoms with Gasteiger partial charge in [0.15, 0.2) is 0 Å². The summed E-state index contributed by atoms with van der Waals surface area (Å²) in [6.07, 6.45) is 2.09. The Kier molecular flexibility index (Phi) is 3.83. The maximum Gasteiger partial charge on any atom is 0.0638 e. The summed E-state index contributed by atoms with van der Waals surface area (Å²) in [4.78, 5) is 1.43. The molecule has 0 saturated carbocycles. The van der Waals surface area contributed by atoms with Gasteiger partial charge in [-0.25, -0.2) is 0 Å². The van der Waals surface area contributed by atoms with Gasteiger partial charge in [-0.1, -0.05) is 18.2 Å². The SMILES string of the molecule is Cc1nn(C)cc1CNC(C)c1sc2ccccc2c1C. The van der Waals surface area contributed by atoms with Gasteiger partial charge in [0.05, 0.1) is 5.69 Å². The Morgan fingerprint density at radius 3 is 2.71 bits per heavy atom. The van der Waals surface area contributed by atoms with Crippen molar-refractivity contribution in [3.63, 3.8) is 0 Å². The molecule has 3 aromatic rings. The third-order valence-electron chi connectivity index (χ3n) is 3.99. The molecule has 1 aromatic carbocycles. The first-order valence-electron chi connectivity index (χ1n) is 7.27. The lowest BCUT2D eigenvalue weighted by Crippen LogP contribution is -2.18. The van der Waals surface area contributed by atoms with Crippen molar-refractivity contribution in [2.24, 2.45) is 7.05 Å². The van der Waals surface area contributed by atoms with E-state index in [1.54, 1.807) is 0 Å². The Balaban J connectivity index is 1.79. The topological polar surface area (TPSA) is 29.9 Å². The van der Waals surface area contributed by atoms with E-state index in [1.165, 1.54) is 26.1 Å². The van der Waals surface area contributed by atoms with Crippen LogP contribution in [0.25, 0.3) is 10.1 Å². The quantitative estimate of drug-likeness (QED) is 0.786. The summed E-state index contributed by atoms with van der Waals surface area (Å²) < 4.78 is 3.25. The lowest BCUT2D eigenvalue weighted by Gasteiger charge is -2.13. The van der Waals surface area contributed by atoms with E-state index in [0.29, 0.717) is 6.04 Å². The Morgan fingerprint density at radius 1 is 1.29 bits per heavy atom. The number of benzene rings is 1. The van der Waals surface area contributed by atoms with Crippen molar-refractivity contribution < 1.29 is 0 Å². The highest BCUT2D eigenvalue weighted by atomic mass is 32.1. The molecular formula is C17H21N3S. The molecule has 0 radical (unpaired) electrons. The molecule has 2 heterocycles. The Hall–Kier alpha value is -1.65. The second kappa shape index (κ2) is 5.62. The molecule has 3 nitrogen and oxygen atoms in total. The van der Waals surface area contributed by atoms with E-state index in [0.717, 1.165) is 12.2 Å². The molecule has 2 aromatic heterocycles. The zero-order valence-electron chi connectivity index (χ0n) is 13.0. The van der Waals surface area contributed by atoms with Gasteiger partial charge in [0.2, 0.25) is 0 Å². The first kappa shape index (κ1) is 14.3. The third-order valence-corrected chi connectivity index (χ3v) is 5.44. The van der Waals surface area contributed by atoms with Gasteiger partial charge in [-0.05, 0) is 37.8 Å². The predicted molar refractivity (Wildman–Crippen MR) is 89.8 cm³/mol. The minimum absolute atomic E-state index is 0.349. The minimum Gasteiger partial charge on any atom is -0.305 e. The van der Waals surface area contributed by atoms with Crippen molar-refractivity contribution >= 4 is 21.4 Å². The van der Waals surface area contributed by atoms with Gasteiger partial charge in [-0.15, -0.1) is 11.3 Å². The fourth-order valence-electron chi connectivity index (χ4n) is 2.78. The fraction of sp³-hybridized carbons (Fsp3) is 0.353. The van der Waals surface area contributed by atoms with Crippen molar-refractivity contribution in [2.45, 2.75) is 33.4 Å². The molecule has 3 rings (SSSR count). The molecule has 0 spiro atoms. The third kappa shape index (κ3) is 2.74. The number of nitrogens with one attached hydrogen (secondary N) is 1. The number of aromatic nitrogens is 2. The van der Waals surface area contributed by atoms with Crippen LogP contribution in [0.4, 0.5) is 0 Å². The Labute approximate surface area is 129 Å². The van der Waals surface area contributed by atoms with Crippen LogP contribution in [0.2, 0.25) is 0 Å². The van der Waals surface area contributed by atoms with Crippen molar-refractivity contribution in [1.29, 1.82) is 0 Å². The van der Waals surface area contributed by atoms with E-state index in [2.05, 4.69) is 61.6 Å². The van der Waals surface area contributed by atoms with E-state index in [4.69, 9.17) is 0 Å². The Bertz CT molecular complexity index is 770. The first-order valence-corrected chi connectivity index (χ1v) is 8.08. The molecule has 0 bridgehead atoms. The minimum atomic E-state index is 0.349. The molecule has 0 saturated heterocycles. The predicted octanol–water partition coefficient (Wildman–Crippen LogP) is 4.10. The van der Waals surface area contributed by atoms with Crippen LogP contribution in [-0.2, 0) is 13.6 Å². The summed E-state index contributed by atoms with van der Waals surface area (Å²) in [5.74, 6) is 0. The molecule has 0 aliphatic rings. The van der Waals surface area contributed by atoms with Crippen LogP contribution >= 0.6 is 11.3 Å². The summed E-state index contributed by atoms with van der Waals surface area (Å²) in [5.41, 5.74) is 3.77. The number of thiophene rings is 1. The van der Waals surface area contributed by atoms with Crippen LogP contribution in [0.5, 0.6) is 0 Å². The lowest BCUT2D eigenvalue weighted by molar-refractivity contribution is 0.579. The summed E-state index contributed by atoms with van der Waals surface area (Å²) >= 11 is 1.89. The number of nitrogens with zero attached hydrogens (tertiary/aromatic N) is 2. The van der Waals surface area contributed by atoms with Gasteiger partial charge in [0.1, 0.15) is 0 Å².